The molecule has 1 aliphatic carbocycles. The van der Waals surface area contributed by atoms with E-state index in [1.54, 1.807) is 6.07 Å². The van der Waals surface area contributed by atoms with Crippen LogP contribution in [0, 0.1) is 18.7 Å². The molecule has 3 unspecified atom stereocenters. The summed E-state index contributed by atoms with van der Waals surface area (Å²) in [5, 5.41) is 3.46. The van der Waals surface area contributed by atoms with Crippen LogP contribution in [-0.4, -0.2) is 17.9 Å². The predicted octanol–water partition coefficient (Wildman–Crippen LogP) is 3.24. The van der Waals surface area contributed by atoms with E-state index in [0.717, 1.165) is 12.0 Å². The molecule has 3 rings (SSSR count). The van der Waals surface area contributed by atoms with Crippen molar-refractivity contribution in [2.45, 2.75) is 51.1 Å². The monoisotopic (exact) mass is 261 g/mol. The minimum atomic E-state index is -0.321. The highest BCUT2D eigenvalue weighted by atomic mass is 19.1. The summed E-state index contributed by atoms with van der Waals surface area (Å²) < 4.78 is 13.4. The summed E-state index contributed by atoms with van der Waals surface area (Å²) in [6, 6.07) is 4.99. The van der Waals surface area contributed by atoms with E-state index in [0.29, 0.717) is 17.5 Å². The number of fused-ring (bicyclic) bond motifs is 1. The number of hydrogen-bond donors (Lipinski definition) is 1. The van der Waals surface area contributed by atoms with Gasteiger partial charge in [0.25, 0.3) is 0 Å². The number of ketones is 1. The van der Waals surface area contributed by atoms with Crippen molar-refractivity contribution in [2.24, 2.45) is 5.92 Å². The molecule has 2 nitrogen and oxygen atoms in total. The zero-order valence-electron chi connectivity index (χ0n) is 11.3. The first-order valence-electron chi connectivity index (χ1n) is 7.21. The van der Waals surface area contributed by atoms with Crippen LogP contribution in [0.2, 0.25) is 0 Å². The second kappa shape index (κ2) is 5.04. The van der Waals surface area contributed by atoms with E-state index in [9.17, 15) is 9.18 Å². The van der Waals surface area contributed by atoms with Gasteiger partial charge in [-0.3, -0.25) is 4.79 Å². The number of nitrogens with one attached hydrogen (secondary N) is 1. The van der Waals surface area contributed by atoms with Gasteiger partial charge in [-0.1, -0.05) is 12.8 Å². The lowest BCUT2D eigenvalue weighted by atomic mass is 9.84. The molecular formula is C16H20FNO. The maximum atomic E-state index is 13.4. The van der Waals surface area contributed by atoms with E-state index in [1.807, 2.05) is 6.92 Å². The van der Waals surface area contributed by atoms with Gasteiger partial charge in [0.05, 0.1) is 6.04 Å². The Morgan fingerprint density at radius 2 is 2.05 bits per heavy atom. The fourth-order valence-electron chi connectivity index (χ4n) is 3.60. The van der Waals surface area contributed by atoms with Gasteiger partial charge in [-0.15, -0.1) is 0 Å². The Kier molecular flexibility index (Phi) is 3.40. The Bertz CT molecular complexity index is 465. The molecule has 3 heteroatoms. The third kappa shape index (κ3) is 2.57. The lowest BCUT2D eigenvalue weighted by molar-refractivity contribution is 0.0948. The minimum Gasteiger partial charge on any atom is -0.304 e. The predicted molar refractivity (Wildman–Crippen MR) is 72.8 cm³/mol. The van der Waals surface area contributed by atoms with E-state index in [-0.39, 0.29) is 17.6 Å². The number of aryl methyl sites for hydroxylation is 1. The van der Waals surface area contributed by atoms with Crippen LogP contribution >= 0.6 is 0 Å². The van der Waals surface area contributed by atoms with Crippen LogP contribution in [0.5, 0.6) is 0 Å². The molecule has 1 heterocycles. The molecule has 3 atom stereocenters. The normalized spacial score (nSPS) is 30.1. The summed E-state index contributed by atoms with van der Waals surface area (Å²) in [6.45, 7) is 1.82. The topological polar surface area (TPSA) is 29.1 Å². The number of benzene rings is 1. The van der Waals surface area contributed by atoms with Crippen molar-refractivity contribution in [1.82, 2.24) is 5.32 Å². The first-order chi connectivity index (χ1) is 9.13. The van der Waals surface area contributed by atoms with Crippen molar-refractivity contribution in [3.05, 3.63) is 35.1 Å². The second-order valence-electron chi connectivity index (χ2n) is 5.99. The van der Waals surface area contributed by atoms with Crippen molar-refractivity contribution >= 4 is 5.78 Å². The lowest BCUT2D eigenvalue weighted by Gasteiger charge is -2.24. The van der Waals surface area contributed by atoms with Crippen LogP contribution in [-0.2, 0) is 0 Å². The van der Waals surface area contributed by atoms with Gasteiger partial charge in [-0.2, -0.15) is 0 Å². The highest BCUT2D eigenvalue weighted by Gasteiger charge is 2.38. The molecule has 1 aromatic carbocycles. The Morgan fingerprint density at radius 1 is 1.26 bits per heavy atom. The van der Waals surface area contributed by atoms with E-state index in [4.69, 9.17) is 0 Å². The molecule has 0 bridgehead atoms. The van der Waals surface area contributed by atoms with Crippen LogP contribution in [0.1, 0.15) is 48.0 Å². The van der Waals surface area contributed by atoms with Crippen molar-refractivity contribution in [2.75, 3.05) is 0 Å². The third-order valence-corrected chi connectivity index (χ3v) is 4.51. The highest BCUT2D eigenvalue weighted by Crippen LogP contribution is 2.34. The molecule has 2 aliphatic rings. The molecule has 0 aromatic heterocycles. The minimum absolute atomic E-state index is 0.0528. The number of hydrogen-bond acceptors (Lipinski definition) is 2. The average molecular weight is 261 g/mol. The molecule has 2 fully saturated rings. The molecule has 102 valence electrons. The van der Waals surface area contributed by atoms with Gasteiger partial charge in [0.15, 0.2) is 5.78 Å². The SMILES string of the molecule is Cc1cc(F)cc(C(=O)C2CC3CCCCC3N2)c1. The van der Waals surface area contributed by atoms with Gasteiger partial charge in [0, 0.05) is 11.6 Å². The van der Waals surface area contributed by atoms with Crippen LogP contribution < -0.4 is 5.32 Å². The number of Topliss-reactive ketones (excluding diaryl/α,β-unsaturated/α-hetero) is 1. The molecule has 1 saturated heterocycles. The molecule has 0 spiro atoms. The van der Waals surface area contributed by atoms with Gasteiger partial charge in [0.2, 0.25) is 0 Å². The van der Waals surface area contributed by atoms with Crippen molar-refractivity contribution in [3.63, 3.8) is 0 Å². The van der Waals surface area contributed by atoms with Gasteiger partial charge >= 0.3 is 0 Å². The summed E-state index contributed by atoms with van der Waals surface area (Å²) in [7, 11) is 0. The second-order valence-corrected chi connectivity index (χ2v) is 5.99. The quantitative estimate of drug-likeness (QED) is 0.828. The number of carbonyl (C=O) groups excluding carboxylic acids is 1. The van der Waals surface area contributed by atoms with Crippen LogP contribution in [0.15, 0.2) is 18.2 Å². The number of rotatable bonds is 2. The fraction of sp³-hybridized carbons (Fsp3) is 0.562. The van der Waals surface area contributed by atoms with E-state index in [2.05, 4.69) is 5.32 Å². The van der Waals surface area contributed by atoms with Crippen LogP contribution in [0.25, 0.3) is 0 Å². The summed E-state index contributed by atoms with van der Waals surface area (Å²) in [6.07, 6.45) is 5.86. The molecule has 1 aliphatic heterocycles. The zero-order valence-corrected chi connectivity index (χ0v) is 11.3. The lowest BCUT2D eigenvalue weighted by Crippen LogP contribution is -2.37. The van der Waals surface area contributed by atoms with Gasteiger partial charge in [0.1, 0.15) is 5.82 Å². The Balaban J connectivity index is 1.77. The summed E-state index contributed by atoms with van der Waals surface area (Å²) >= 11 is 0. The van der Waals surface area contributed by atoms with Crippen molar-refractivity contribution in [3.8, 4) is 0 Å². The van der Waals surface area contributed by atoms with Crippen molar-refractivity contribution < 1.29 is 9.18 Å². The molecule has 1 saturated carbocycles. The fourth-order valence-corrected chi connectivity index (χ4v) is 3.60. The van der Waals surface area contributed by atoms with Crippen LogP contribution in [0.4, 0.5) is 4.39 Å². The average Bonchev–Trinajstić information content (AvgIpc) is 2.80. The molecule has 0 radical (unpaired) electrons. The Morgan fingerprint density at radius 3 is 2.79 bits per heavy atom. The number of halogens is 1. The van der Waals surface area contributed by atoms with E-state index in [1.165, 1.54) is 37.8 Å². The maximum absolute atomic E-state index is 13.4. The molecule has 0 amide bonds. The molecule has 1 aromatic rings. The summed E-state index contributed by atoms with van der Waals surface area (Å²) in [5.74, 6) is 0.369. The number of carbonyl (C=O) groups is 1. The Labute approximate surface area is 113 Å². The summed E-state index contributed by atoms with van der Waals surface area (Å²) in [4.78, 5) is 12.5. The van der Waals surface area contributed by atoms with Gasteiger partial charge < -0.3 is 5.32 Å². The Hall–Kier alpha value is -1.22. The van der Waals surface area contributed by atoms with Gasteiger partial charge in [-0.05, 0) is 55.9 Å². The van der Waals surface area contributed by atoms with Gasteiger partial charge in [-0.25, -0.2) is 4.39 Å². The maximum Gasteiger partial charge on any atom is 0.179 e. The largest absolute Gasteiger partial charge is 0.304 e. The standard InChI is InChI=1S/C16H20FNO/c1-10-6-12(8-13(17)7-10)16(19)15-9-11-4-2-3-5-14(11)18-15/h6-8,11,14-15,18H,2-5,9H2,1H3. The third-order valence-electron chi connectivity index (χ3n) is 4.51. The summed E-state index contributed by atoms with van der Waals surface area (Å²) in [5.41, 5.74) is 1.31. The van der Waals surface area contributed by atoms with Crippen molar-refractivity contribution in [1.29, 1.82) is 0 Å². The molecule has 19 heavy (non-hydrogen) atoms. The smallest absolute Gasteiger partial charge is 0.179 e. The van der Waals surface area contributed by atoms with E-state index < -0.39 is 0 Å². The molecule has 1 N–H and O–H groups in total. The first kappa shape index (κ1) is 12.8. The molecular weight excluding hydrogens is 241 g/mol. The highest BCUT2D eigenvalue weighted by molar-refractivity contribution is 6.00. The van der Waals surface area contributed by atoms with Crippen LogP contribution in [0.3, 0.4) is 0 Å². The zero-order chi connectivity index (χ0) is 13.4. The van der Waals surface area contributed by atoms with E-state index >= 15 is 0 Å². The first-order valence-corrected chi connectivity index (χ1v) is 7.21.